The quantitative estimate of drug-likeness (QED) is 0.632. The molecule has 1 aromatic carbocycles. The lowest BCUT2D eigenvalue weighted by molar-refractivity contribution is -0.135. The topological polar surface area (TPSA) is 106 Å². The first-order valence-corrected chi connectivity index (χ1v) is 13.3. The number of rotatable bonds is 4. The Balaban J connectivity index is 1.24. The fourth-order valence-electron chi connectivity index (χ4n) is 5.98. The van der Waals surface area contributed by atoms with Crippen LogP contribution in [-0.2, 0) is 21.4 Å². The minimum absolute atomic E-state index is 0.228. The zero-order chi connectivity index (χ0) is 26.5. The van der Waals surface area contributed by atoms with Crippen molar-refractivity contribution in [3.63, 3.8) is 0 Å². The van der Waals surface area contributed by atoms with Gasteiger partial charge in [-0.1, -0.05) is 12.1 Å². The van der Waals surface area contributed by atoms with E-state index in [-0.39, 0.29) is 24.1 Å². The van der Waals surface area contributed by atoms with Crippen molar-refractivity contribution in [3.8, 4) is 0 Å². The number of carbonyl (C=O) groups excluding carboxylic acids is 3. The maximum Gasteiger partial charge on any atom is 0.410 e. The van der Waals surface area contributed by atoms with Crippen molar-refractivity contribution in [2.24, 2.45) is 13.0 Å². The molecule has 1 unspecified atom stereocenters. The molecule has 2 aromatic rings. The molecule has 3 aliphatic heterocycles. The smallest absolute Gasteiger partial charge is 0.410 e. The zero-order valence-electron chi connectivity index (χ0n) is 22.2. The molecule has 0 spiro atoms. The lowest BCUT2D eigenvalue weighted by Gasteiger charge is -2.43. The molecule has 1 aromatic heterocycles. The van der Waals surface area contributed by atoms with E-state index in [1.807, 2.05) is 32.9 Å². The van der Waals surface area contributed by atoms with E-state index >= 15 is 0 Å². The van der Waals surface area contributed by atoms with Gasteiger partial charge in [-0.25, -0.2) is 9.59 Å². The molecule has 10 heteroatoms. The highest BCUT2D eigenvalue weighted by atomic mass is 16.6. The molecule has 3 amide bonds. The van der Waals surface area contributed by atoms with E-state index in [0.717, 1.165) is 62.2 Å². The summed E-state index contributed by atoms with van der Waals surface area (Å²) in [5.74, 6) is 0.0888. The third-order valence-electron chi connectivity index (χ3n) is 7.81. The summed E-state index contributed by atoms with van der Waals surface area (Å²) in [5.41, 5.74) is 2.07. The SMILES string of the molecule is Cn1c(=O)n(C2CCC(=O)NC2=O)c2cccc(C3CCN(CC4CN(C(=O)OC(C)(C)C)C4)CC3)c21. The molecule has 200 valence electrons. The number of amides is 3. The van der Waals surface area contributed by atoms with Crippen LogP contribution in [0.1, 0.15) is 64.0 Å². The fraction of sp³-hybridized carbons (Fsp3) is 0.630. The van der Waals surface area contributed by atoms with E-state index < -0.39 is 17.6 Å². The Hall–Kier alpha value is -3.14. The van der Waals surface area contributed by atoms with Crippen molar-refractivity contribution in [1.82, 2.24) is 24.3 Å². The summed E-state index contributed by atoms with van der Waals surface area (Å²) in [4.78, 5) is 53.8. The Bertz CT molecular complexity index is 1270. The Morgan fingerprint density at radius 2 is 1.78 bits per heavy atom. The molecule has 10 nitrogen and oxygen atoms in total. The number of imide groups is 1. The van der Waals surface area contributed by atoms with Crippen LogP contribution in [0.5, 0.6) is 0 Å². The van der Waals surface area contributed by atoms with Crippen molar-refractivity contribution < 1.29 is 19.1 Å². The lowest BCUT2D eigenvalue weighted by atomic mass is 9.87. The number of nitrogens with zero attached hydrogens (tertiary/aromatic N) is 4. The monoisotopic (exact) mass is 511 g/mol. The number of aryl methyl sites for hydroxylation is 1. The molecule has 0 saturated carbocycles. The van der Waals surface area contributed by atoms with Crippen molar-refractivity contribution in [3.05, 3.63) is 34.2 Å². The van der Waals surface area contributed by atoms with Crippen molar-refractivity contribution >= 4 is 28.9 Å². The molecule has 0 bridgehead atoms. The van der Waals surface area contributed by atoms with E-state index in [4.69, 9.17) is 4.74 Å². The maximum absolute atomic E-state index is 13.2. The Kier molecular flexibility index (Phi) is 6.64. The van der Waals surface area contributed by atoms with Gasteiger partial charge in [0.15, 0.2) is 0 Å². The van der Waals surface area contributed by atoms with Crippen LogP contribution in [0, 0.1) is 5.92 Å². The van der Waals surface area contributed by atoms with Crippen molar-refractivity contribution in [2.45, 2.75) is 64.0 Å². The lowest BCUT2D eigenvalue weighted by Crippen LogP contribution is -2.55. The third kappa shape index (κ3) is 5.03. The summed E-state index contributed by atoms with van der Waals surface area (Å²) in [5, 5.41) is 2.37. The Labute approximate surface area is 216 Å². The van der Waals surface area contributed by atoms with Crippen LogP contribution in [-0.4, -0.2) is 75.2 Å². The minimum Gasteiger partial charge on any atom is -0.444 e. The third-order valence-corrected chi connectivity index (χ3v) is 7.81. The van der Waals surface area contributed by atoms with Gasteiger partial charge in [0.05, 0.1) is 11.0 Å². The number of aromatic nitrogens is 2. The molecule has 1 N–H and O–H groups in total. The molecule has 4 heterocycles. The van der Waals surface area contributed by atoms with Crippen molar-refractivity contribution in [1.29, 1.82) is 0 Å². The zero-order valence-corrected chi connectivity index (χ0v) is 22.2. The Morgan fingerprint density at radius 1 is 1.08 bits per heavy atom. The fourth-order valence-corrected chi connectivity index (χ4v) is 5.98. The van der Waals surface area contributed by atoms with E-state index in [9.17, 15) is 19.2 Å². The second-order valence-electron chi connectivity index (χ2n) is 11.7. The number of hydrogen-bond donors (Lipinski definition) is 1. The summed E-state index contributed by atoms with van der Waals surface area (Å²) >= 11 is 0. The summed E-state index contributed by atoms with van der Waals surface area (Å²) in [6.45, 7) is 10.0. The van der Waals surface area contributed by atoms with Gasteiger partial charge in [0, 0.05) is 39.0 Å². The standard InChI is InChI=1S/C27H37N5O5/c1-27(2,3)37-26(36)31-15-17(16-31)14-30-12-10-18(11-13-30)19-6-5-7-20-23(19)29(4)25(35)32(20)21-8-9-22(33)28-24(21)34/h5-7,17-18,21H,8-16H2,1-4H3,(H,28,33,34). The summed E-state index contributed by atoms with van der Waals surface area (Å²) < 4.78 is 8.67. The number of fused-ring (bicyclic) bond motifs is 1. The molecule has 1 atom stereocenters. The first-order valence-electron chi connectivity index (χ1n) is 13.3. The number of ether oxygens (including phenoxy) is 1. The number of piperidine rings is 2. The number of likely N-dealkylation sites (tertiary alicyclic amines) is 2. The van der Waals surface area contributed by atoms with Crippen LogP contribution < -0.4 is 11.0 Å². The molecule has 3 aliphatic rings. The van der Waals surface area contributed by atoms with Gasteiger partial charge in [-0.3, -0.25) is 24.0 Å². The van der Waals surface area contributed by atoms with Crippen LogP contribution in [0.3, 0.4) is 0 Å². The van der Waals surface area contributed by atoms with E-state index in [1.54, 1.807) is 21.1 Å². The molecule has 0 aliphatic carbocycles. The number of imidazole rings is 1. The van der Waals surface area contributed by atoms with Crippen LogP contribution in [0.15, 0.2) is 23.0 Å². The largest absolute Gasteiger partial charge is 0.444 e. The van der Waals surface area contributed by atoms with Gasteiger partial charge in [0.25, 0.3) is 0 Å². The summed E-state index contributed by atoms with van der Waals surface area (Å²) in [7, 11) is 1.76. The van der Waals surface area contributed by atoms with Gasteiger partial charge in [0.1, 0.15) is 11.6 Å². The highest BCUT2D eigenvalue weighted by Crippen LogP contribution is 2.34. The molecule has 3 saturated heterocycles. The van der Waals surface area contributed by atoms with Crippen LogP contribution >= 0.6 is 0 Å². The van der Waals surface area contributed by atoms with Gasteiger partial charge in [-0.15, -0.1) is 0 Å². The average molecular weight is 512 g/mol. The highest BCUT2D eigenvalue weighted by molar-refractivity contribution is 6.00. The summed E-state index contributed by atoms with van der Waals surface area (Å²) in [6, 6.07) is 5.28. The highest BCUT2D eigenvalue weighted by Gasteiger charge is 2.36. The number of carbonyl (C=O) groups is 3. The van der Waals surface area contributed by atoms with E-state index in [1.165, 1.54) is 0 Å². The minimum atomic E-state index is -0.672. The van der Waals surface area contributed by atoms with E-state index in [2.05, 4.69) is 16.3 Å². The molecule has 37 heavy (non-hydrogen) atoms. The Morgan fingerprint density at radius 3 is 2.43 bits per heavy atom. The summed E-state index contributed by atoms with van der Waals surface area (Å²) in [6.07, 6.45) is 2.30. The number of para-hydroxylation sites is 1. The van der Waals surface area contributed by atoms with E-state index in [0.29, 0.717) is 18.3 Å². The van der Waals surface area contributed by atoms with Gasteiger partial charge in [-0.05, 0) is 70.7 Å². The predicted octanol–water partition coefficient (Wildman–Crippen LogP) is 2.36. The average Bonchev–Trinajstić information content (AvgIpc) is 3.05. The van der Waals surface area contributed by atoms with Gasteiger partial charge in [-0.2, -0.15) is 0 Å². The number of benzene rings is 1. The normalized spacial score (nSPS) is 22.3. The molecular formula is C27H37N5O5. The first kappa shape index (κ1) is 25.5. The number of nitrogens with one attached hydrogen (secondary N) is 1. The second kappa shape index (κ2) is 9.63. The number of hydrogen-bond acceptors (Lipinski definition) is 6. The van der Waals surface area contributed by atoms with Gasteiger partial charge in [0.2, 0.25) is 11.8 Å². The van der Waals surface area contributed by atoms with Gasteiger partial charge < -0.3 is 14.5 Å². The first-order chi connectivity index (χ1) is 17.5. The second-order valence-corrected chi connectivity index (χ2v) is 11.7. The molecule has 5 rings (SSSR count). The molecule has 3 fully saturated rings. The molecule has 0 radical (unpaired) electrons. The van der Waals surface area contributed by atoms with Crippen molar-refractivity contribution in [2.75, 3.05) is 32.7 Å². The van der Waals surface area contributed by atoms with Crippen LogP contribution in [0.4, 0.5) is 4.79 Å². The molecular weight excluding hydrogens is 474 g/mol. The van der Waals surface area contributed by atoms with Crippen LogP contribution in [0.2, 0.25) is 0 Å². The maximum atomic E-state index is 13.2. The predicted molar refractivity (Wildman–Crippen MR) is 138 cm³/mol. The van der Waals surface area contributed by atoms with Crippen LogP contribution in [0.25, 0.3) is 11.0 Å². The van der Waals surface area contributed by atoms with Gasteiger partial charge >= 0.3 is 11.8 Å².